The number of aromatic carboxylic acids is 1. The summed E-state index contributed by atoms with van der Waals surface area (Å²) in [7, 11) is 0. The van der Waals surface area contributed by atoms with Crippen LogP contribution in [0.15, 0.2) is 36.5 Å². The summed E-state index contributed by atoms with van der Waals surface area (Å²) in [4.78, 5) is 25.3. The van der Waals surface area contributed by atoms with E-state index in [4.69, 9.17) is 0 Å². The zero-order valence-corrected chi connectivity index (χ0v) is 15.0. The van der Waals surface area contributed by atoms with E-state index in [2.05, 4.69) is 39.0 Å². The number of hydrogen-bond acceptors (Lipinski definition) is 5. The van der Waals surface area contributed by atoms with Crippen molar-refractivity contribution >= 4 is 22.8 Å². The molecule has 0 aliphatic rings. The highest BCUT2D eigenvalue weighted by Gasteiger charge is 2.14. The van der Waals surface area contributed by atoms with Gasteiger partial charge in [-0.1, -0.05) is 13.8 Å². The van der Waals surface area contributed by atoms with Gasteiger partial charge in [-0.05, 0) is 43.4 Å². The van der Waals surface area contributed by atoms with Gasteiger partial charge < -0.3 is 20.3 Å². The molecule has 7 heteroatoms. The smallest absolute Gasteiger partial charge is 0.338 e. The maximum Gasteiger partial charge on any atom is 0.338 e. The Kier molecular flexibility index (Phi) is 5.48. The zero-order valence-electron chi connectivity index (χ0n) is 15.0. The van der Waals surface area contributed by atoms with E-state index in [9.17, 15) is 9.90 Å². The van der Waals surface area contributed by atoms with Crippen molar-refractivity contribution in [3.8, 4) is 11.4 Å². The van der Waals surface area contributed by atoms with Crippen molar-refractivity contribution in [2.45, 2.75) is 13.8 Å². The highest BCUT2D eigenvalue weighted by atomic mass is 16.4. The predicted molar refractivity (Wildman–Crippen MR) is 103 cm³/mol. The Hall–Kier alpha value is -2.93. The van der Waals surface area contributed by atoms with Crippen molar-refractivity contribution in [3.63, 3.8) is 0 Å². The standard InChI is InChI=1S/C19H23N5O2/c1-3-24(4-2)12-11-20-14-7-5-13(6-8-14)17-22-16-15(19(25)26)9-10-21-18(16)23-17/h5-10,20H,3-4,11-12H2,1-2H3,(H,25,26)(H,21,22,23). The molecule has 3 rings (SSSR count). The number of anilines is 1. The van der Waals surface area contributed by atoms with Crippen molar-refractivity contribution in [2.75, 3.05) is 31.5 Å². The quantitative estimate of drug-likeness (QED) is 0.576. The molecule has 0 aliphatic heterocycles. The summed E-state index contributed by atoms with van der Waals surface area (Å²) < 4.78 is 0. The monoisotopic (exact) mass is 353 g/mol. The molecular formula is C19H23N5O2. The predicted octanol–water partition coefficient (Wildman–Crippen LogP) is 3.08. The number of carboxylic acids is 1. The first-order chi connectivity index (χ1) is 12.6. The number of H-pyrrole nitrogens is 1. The van der Waals surface area contributed by atoms with Crippen LogP contribution in [0.3, 0.4) is 0 Å². The van der Waals surface area contributed by atoms with E-state index >= 15 is 0 Å². The third-order valence-corrected chi connectivity index (χ3v) is 4.43. The van der Waals surface area contributed by atoms with Crippen LogP contribution in [0.1, 0.15) is 24.2 Å². The Morgan fingerprint density at radius 1 is 1.19 bits per heavy atom. The number of nitrogens with one attached hydrogen (secondary N) is 2. The SMILES string of the molecule is CCN(CC)CCNc1ccc(-c2nc3nccc(C(=O)O)c3[nH]2)cc1. The summed E-state index contributed by atoms with van der Waals surface area (Å²) in [5.74, 6) is -0.392. The van der Waals surface area contributed by atoms with Gasteiger partial charge in [0.05, 0.1) is 11.1 Å². The van der Waals surface area contributed by atoms with E-state index < -0.39 is 5.97 Å². The fraction of sp³-hybridized carbons (Fsp3) is 0.316. The van der Waals surface area contributed by atoms with Gasteiger partial charge in [0.25, 0.3) is 0 Å². The summed E-state index contributed by atoms with van der Waals surface area (Å²) >= 11 is 0. The summed E-state index contributed by atoms with van der Waals surface area (Å²) in [6, 6.07) is 9.37. The number of carboxylic acid groups (broad SMARTS) is 1. The van der Waals surface area contributed by atoms with Gasteiger partial charge in [-0.2, -0.15) is 0 Å². The number of likely N-dealkylation sites (N-methyl/N-ethyl adjacent to an activating group) is 1. The summed E-state index contributed by atoms with van der Waals surface area (Å²) in [6.07, 6.45) is 1.46. The second-order valence-corrected chi connectivity index (χ2v) is 5.98. The van der Waals surface area contributed by atoms with Crippen molar-refractivity contribution in [2.24, 2.45) is 0 Å². The largest absolute Gasteiger partial charge is 0.478 e. The third kappa shape index (κ3) is 3.83. The first kappa shape index (κ1) is 17.9. The van der Waals surface area contributed by atoms with Crippen LogP contribution in [-0.2, 0) is 0 Å². The lowest BCUT2D eigenvalue weighted by atomic mass is 10.2. The molecule has 3 N–H and O–H groups in total. The topological polar surface area (TPSA) is 94.1 Å². The molecule has 0 bridgehead atoms. The molecular weight excluding hydrogens is 330 g/mol. The van der Waals surface area contributed by atoms with Gasteiger partial charge in [-0.15, -0.1) is 0 Å². The molecule has 2 heterocycles. The molecule has 2 aromatic heterocycles. The van der Waals surface area contributed by atoms with E-state index in [0.29, 0.717) is 17.0 Å². The van der Waals surface area contributed by atoms with Gasteiger partial charge in [0.15, 0.2) is 5.65 Å². The minimum atomic E-state index is -1.000. The highest BCUT2D eigenvalue weighted by Crippen LogP contribution is 2.23. The number of imidazole rings is 1. The Labute approximate surface area is 152 Å². The molecule has 0 spiro atoms. The summed E-state index contributed by atoms with van der Waals surface area (Å²) in [5, 5.41) is 12.7. The van der Waals surface area contributed by atoms with Crippen molar-refractivity contribution in [1.29, 1.82) is 0 Å². The minimum absolute atomic E-state index is 0.170. The second kappa shape index (κ2) is 7.97. The van der Waals surface area contributed by atoms with Gasteiger partial charge in [-0.3, -0.25) is 0 Å². The van der Waals surface area contributed by atoms with Crippen LogP contribution in [0.5, 0.6) is 0 Å². The average Bonchev–Trinajstić information content (AvgIpc) is 3.09. The highest BCUT2D eigenvalue weighted by molar-refractivity contribution is 6.00. The lowest BCUT2D eigenvalue weighted by Crippen LogP contribution is -2.28. The van der Waals surface area contributed by atoms with E-state index in [1.54, 1.807) is 0 Å². The Balaban J connectivity index is 1.73. The molecule has 0 atom stereocenters. The zero-order chi connectivity index (χ0) is 18.5. The lowest BCUT2D eigenvalue weighted by molar-refractivity contribution is 0.0698. The molecule has 7 nitrogen and oxygen atoms in total. The number of aromatic nitrogens is 3. The van der Waals surface area contributed by atoms with Crippen LogP contribution >= 0.6 is 0 Å². The van der Waals surface area contributed by atoms with Gasteiger partial charge in [0.2, 0.25) is 0 Å². The molecule has 0 saturated carbocycles. The first-order valence-electron chi connectivity index (χ1n) is 8.77. The average molecular weight is 353 g/mol. The van der Waals surface area contributed by atoms with Gasteiger partial charge >= 0.3 is 5.97 Å². The van der Waals surface area contributed by atoms with Crippen LogP contribution in [-0.4, -0.2) is 57.1 Å². The maximum atomic E-state index is 11.3. The fourth-order valence-corrected chi connectivity index (χ4v) is 2.87. The lowest BCUT2D eigenvalue weighted by Gasteiger charge is -2.18. The van der Waals surface area contributed by atoms with Crippen molar-refractivity contribution in [3.05, 3.63) is 42.1 Å². The van der Waals surface area contributed by atoms with Gasteiger partial charge in [0.1, 0.15) is 5.82 Å². The van der Waals surface area contributed by atoms with E-state index in [0.717, 1.165) is 37.4 Å². The number of pyridine rings is 1. The summed E-state index contributed by atoms with van der Waals surface area (Å²) in [6.45, 7) is 8.32. The van der Waals surface area contributed by atoms with Crippen LogP contribution in [0.2, 0.25) is 0 Å². The number of aromatic amines is 1. The van der Waals surface area contributed by atoms with Crippen molar-refractivity contribution in [1.82, 2.24) is 19.9 Å². The molecule has 0 unspecified atom stereocenters. The van der Waals surface area contributed by atoms with Crippen LogP contribution < -0.4 is 5.32 Å². The minimum Gasteiger partial charge on any atom is -0.478 e. The molecule has 0 fully saturated rings. The van der Waals surface area contributed by atoms with Crippen molar-refractivity contribution < 1.29 is 9.90 Å². The van der Waals surface area contributed by atoms with E-state index in [-0.39, 0.29) is 5.56 Å². The molecule has 26 heavy (non-hydrogen) atoms. The molecule has 0 radical (unpaired) electrons. The molecule has 0 saturated heterocycles. The second-order valence-electron chi connectivity index (χ2n) is 5.98. The molecule has 0 aliphatic carbocycles. The molecule has 0 amide bonds. The fourth-order valence-electron chi connectivity index (χ4n) is 2.87. The molecule has 3 aromatic rings. The maximum absolute atomic E-state index is 11.3. The van der Waals surface area contributed by atoms with Crippen LogP contribution in [0.4, 0.5) is 5.69 Å². The van der Waals surface area contributed by atoms with Gasteiger partial charge in [-0.25, -0.2) is 14.8 Å². The molecule has 136 valence electrons. The number of carbonyl (C=O) groups is 1. The Morgan fingerprint density at radius 2 is 1.92 bits per heavy atom. The Morgan fingerprint density at radius 3 is 2.58 bits per heavy atom. The normalized spacial score (nSPS) is 11.2. The summed E-state index contributed by atoms with van der Waals surface area (Å²) in [5.41, 5.74) is 2.94. The number of benzene rings is 1. The van der Waals surface area contributed by atoms with Crippen LogP contribution in [0, 0.1) is 0 Å². The molecule has 1 aromatic carbocycles. The Bertz CT molecular complexity index is 885. The first-order valence-corrected chi connectivity index (χ1v) is 8.77. The van der Waals surface area contributed by atoms with E-state index in [1.807, 2.05) is 24.3 Å². The number of fused-ring (bicyclic) bond motifs is 1. The third-order valence-electron chi connectivity index (χ3n) is 4.43. The van der Waals surface area contributed by atoms with E-state index in [1.165, 1.54) is 12.3 Å². The van der Waals surface area contributed by atoms with Crippen LogP contribution in [0.25, 0.3) is 22.6 Å². The van der Waals surface area contributed by atoms with Gasteiger partial charge in [0, 0.05) is 30.5 Å². The number of nitrogens with zero attached hydrogens (tertiary/aromatic N) is 3. The number of hydrogen-bond donors (Lipinski definition) is 3. The number of rotatable bonds is 8.